The maximum Gasteiger partial charge on any atom is 0.141 e. The molecule has 0 saturated carbocycles. The second kappa shape index (κ2) is 5.45. The molecule has 1 saturated heterocycles. The molecule has 15 heavy (non-hydrogen) atoms. The van der Waals surface area contributed by atoms with Crippen LogP contribution in [0.15, 0.2) is 12.2 Å². The Morgan fingerprint density at radius 3 is 2.67 bits per heavy atom. The minimum Gasteiger partial charge on any atom is -0.369 e. The Bertz CT molecular complexity index is 243. The molecule has 0 radical (unpaired) electrons. The molecule has 0 N–H and O–H groups in total. The number of hydrogen-bond donors (Lipinski definition) is 0. The monoisotopic (exact) mass is 210 g/mol. The molecule has 0 unspecified atom stereocenters. The molecule has 1 fully saturated rings. The van der Waals surface area contributed by atoms with Gasteiger partial charge in [0.2, 0.25) is 0 Å². The Hall–Kier alpha value is -0.630. The van der Waals surface area contributed by atoms with Crippen molar-refractivity contribution in [1.29, 1.82) is 0 Å². The van der Waals surface area contributed by atoms with Gasteiger partial charge in [0, 0.05) is 12.3 Å². The van der Waals surface area contributed by atoms with Gasteiger partial charge in [-0.15, -0.1) is 0 Å². The van der Waals surface area contributed by atoms with E-state index in [-0.39, 0.29) is 18.1 Å². The summed E-state index contributed by atoms with van der Waals surface area (Å²) in [6, 6.07) is 0. The molecule has 2 nitrogen and oxygen atoms in total. The third-order valence-corrected chi connectivity index (χ3v) is 3.11. The predicted molar refractivity (Wildman–Crippen MR) is 61.7 cm³/mol. The van der Waals surface area contributed by atoms with Crippen molar-refractivity contribution < 1.29 is 9.53 Å². The number of carbonyl (C=O) groups excluding carboxylic acids is 1. The van der Waals surface area contributed by atoms with Crippen LogP contribution in [-0.2, 0) is 9.53 Å². The molecule has 0 aromatic heterocycles. The molecule has 0 aliphatic carbocycles. The van der Waals surface area contributed by atoms with Gasteiger partial charge in [-0.1, -0.05) is 32.9 Å². The SMILES string of the molecule is C/C=C/[C@@H]1O[C@H](C(C)C)CC(=O)[C@@H]1CC. The summed E-state index contributed by atoms with van der Waals surface area (Å²) in [6.07, 6.45) is 5.54. The van der Waals surface area contributed by atoms with Gasteiger partial charge >= 0.3 is 0 Å². The van der Waals surface area contributed by atoms with Gasteiger partial charge in [-0.3, -0.25) is 4.79 Å². The molecular formula is C13H22O2. The van der Waals surface area contributed by atoms with Gasteiger partial charge in [0.1, 0.15) is 5.78 Å². The van der Waals surface area contributed by atoms with Crippen molar-refractivity contribution in [3.05, 3.63) is 12.2 Å². The Kier molecular flexibility index (Phi) is 4.52. The first-order valence-corrected chi connectivity index (χ1v) is 5.91. The Labute approximate surface area is 92.7 Å². The molecule has 1 aliphatic heterocycles. The molecule has 86 valence electrons. The molecule has 1 rings (SSSR count). The zero-order valence-electron chi connectivity index (χ0n) is 10.2. The fourth-order valence-corrected chi connectivity index (χ4v) is 2.10. The molecule has 0 bridgehead atoms. The highest BCUT2D eigenvalue weighted by Crippen LogP contribution is 2.28. The van der Waals surface area contributed by atoms with Crippen molar-refractivity contribution in [2.45, 2.75) is 52.7 Å². The summed E-state index contributed by atoms with van der Waals surface area (Å²) in [5, 5.41) is 0. The summed E-state index contributed by atoms with van der Waals surface area (Å²) in [6.45, 7) is 8.24. The van der Waals surface area contributed by atoms with Crippen molar-refractivity contribution >= 4 is 5.78 Å². The molecule has 1 heterocycles. The van der Waals surface area contributed by atoms with Crippen LogP contribution < -0.4 is 0 Å². The summed E-state index contributed by atoms with van der Waals surface area (Å²) in [5.74, 6) is 0.848. The second-order valence-corrected chi connectivity index (χ2v) is 4.59. The van der Waals surface area contributed by atoms with Crippen LogP contribution in [-0.4, -0.2) is 18.0 Å². The van der Waals surface area contributed by atoms with Crippen LogP contribution in [0.25, 0.3) is 0 Å². The van der Waals surface area contributed by atoms with Gasteiger partial charge in [0.05, 0.1) is 12.2 Å². The van der Waals surface area contributed by atoms with Crippen LogP contribution in [0.2, 0.25) is 0 Å². The molecule has 0 spiro atoms. The standard InChI is InChI=1S/C13H22O2/c1-5-7-12-10(6-2)11(14)8-13(15-12)9(3)4/h5,7,9-10,12-13H,6,8H2,1-4H3/b7-5+/t10-,12-,13-/m0/s1. The van der Waals surface area contributed by atoms with E-state index in [0.29, 0.717) is 18.1 Å². The van der Waals surface area contributed by atoms with E-state index in [4.69, 9.17) is 4.74 Å². The fraction of sp³-hybridized carbons (Fsp3) is 0.769. The zero-order valence-corrected chi connectivity index (χ0v) is 10.2. The summed E-state index contributed by atoms with van der Waals surface area (Å²) in [5.41, 5.74) is 0. The maximum absolute atomic E-state index is 11.9. The maximum atomic E-state index is 11.9. The van der Waals surface area contributed by atoms with Crippen molar-refractivity contribution in [1.82, 2.24) is 0 Å². The first-order valence-electron chi connectivity index (χ1n) is 5.91. The molecule has 0 aromatic rings. The third kappa shape index (κ3) is 2.91. The number of Topliss-reactive ketones (excluding diaryl/α,β-unsaturated/α-hetero) is 1. The molecular weight excluding hydrogens is 188 g/mol. The summed E-state index contributed by atoms with van der Waals surface area (Å²) >= 11 is 0. The highest BCUT2D eigenvalue weighted by Gasteiger charge is 2.35. The normalized spacial score (nSPS) is 32.9. The van der Waals surface area contributed by atoms with Crippen LogP contribution in [0, 0.1) is 11.8 Å². The minimum atomic E-state index is -0.00588. The Morgan fingerprint density at radius 1 is 1.53 bits per heavy atom. The van der Waals surface area contributed by atoms with Gasteiger partial charge in [0.15, 0.2) is 0 Å². The largest absolute Gasteiger partial charge is 0.369 e. The number of ketones is 1. The van der Waals surface area contributed by atoms with E-state index in [9.17, 15) is 4.79 Å². The smallest absolute Gasteiger partial charge is 0.141 e. The lowest BCUT2D eigenvalue weighted by molar-refractivity contribution is -0.145. The minimum absolute atomic E-state index is 0.00588. The van der Waals surface area contributed by atoms with Gasteiger partial charge in [-0.05, 0) is 19.3 Å². The van der Waals surface area contributed by atoms with Crippen LogP contribution in [0.5, 0.6) is 0 Å². The Morgan fingerprint density at radius 2 is 2.20 bits per heavy atom. The molecule has 0 aromatic carbocycles. The summed E-state index contributed by atoms with van der Waals surface area (Å²) in [7, 11) is 0. The summed E-state index contributed by atoms with van der Waals surface area (Å²) in [4.78, 5) is 11.9. The van der Waals surface area contributed by atoms with Gasteiger partial charge in [-0.25, -0.2) is 0 Å². The van der Waals surface area contributed by atoms with Gasteiger partial charge in [0.25, 0.3) is 0 Å². The lowest BCUT2D eigenvalue weighted by atomic mass is 9.85. The van der Waals surface area contributed by atoms with Crippen LogP contribution in [0.1, 0.15) is 40.5 Å². The van der Waals surface area contributed by atoms with E-state index in [0.717, 1.165) is 6.42 Å². The van der Waals surface area contributed by atoms with E-state index in [1.807, 2.05) is 19.1 Å². The molecule has 0 amide bonds. The van der Waals surface area contributed by atoms with Crippen LogP contribution in [0.4, 0.5) is 0 Å². The fourth-order valence-electron chi connectivity index (χ4n) is 2.10. The highest BCUT2D eigenvalue weighted by molar-refractivity contribution is 5.83. The first kappa shape index (κ1) is 12.4. The van der Waals surface area contributed by atoms with Crippen molar-refractivity contribution in [2.24, 2.45) is 11.8 Å². The summed E-state index contributed by atoms with van der Waals surface area (Å²) < 4.78 is 5.95. The number of ether oxygens (including phenoxy) is 1. The van der Waals surface area contributed by atoms with Gasteiger partial charge < -0.3 is 4.74 Å². The van der Waals surface area contributed by atoms with Crippen molar-refractivity contribution in [3.63, 3.8) is 0 Å². The number of carbonyl (C=O) groups is 1. The number of rotatable bonds is 3. The lowest BCUT2D eigenvalue weighted by Gasteiger charge is -2.35. The van der Waals surface area contributed by atoms with Crippen LogP contribution in [0.3, 0.4) is 0 Å². The number of hydrogen-bond acceptors (Lipinski definition) is 2. The van der Waals surface area contributed by atoms with E-state index in [1.54, 1.807) is 0 Å². The third-order valence-electron chi connectivity index (χ3n) is 3.11. The average molecular weight is 210 g/mol. The van der Waals surface area contributed by atoms with E-state index >= 15 is 0 Å². The molecule has 1 aliphatic rings. The zero-order chi connectivity index (χ0) is 11.4. The van der Waals surface area contributed by atoms with E-state index in [2.05, 4.69) is 20.8 Å². The van der Waals surface area contributed by atoms with E-state index in [1.165, 1.54) is 0 Å². The lowest BCUT2D eigenvalue weighted by Crippen LogP contribution is -2.42. The molecule has 3 atom stereocenters. The predicted octanol–water partition coefficient (Wildman–Crippen LogP) is 2.97. The average Bonchev–Trinajstić information content (AvgIpc) is 2.17. The quantitative estimate of drug-likeness (QED) is 0.669. The topological polar surface area (TPSA) is 26.3 Å². The van der Waals surface area contributed by atoms with E-state index < -0.39 is 0 Å². The highest BCUT2D eigenvalue weighted by atomic mass is 16.5. The first-order chi connectivity index (χ1) is 7.10. The number of allylic oxidation sites excluding steroid dienone is 1. The van der Waals surface area contributed by atoms with Crippen LogP contribution >= 0.6 is 0 Å². The molecule has 2 heteroatoms. The second-order valence-electron chi connectivity index (χ2n) is 4.59. The van der Waals surface area contributed by atoms with Crippen molar-refractivity contribution in [3.8, 4) is 0 Å². The van der Waals surface area contributed by atoms with Gasteiger partial charge in [-0.2, -0.15) is 0 Å². The Balaban J connectivity index is 2.76. The van der Waals surface area contributed by atoms with Crippen molar-refractivity contribution in [2.75, 3.05) is 0 Å².